The lowest BCUT2D eigenvalue weighted by Gasteiger charge is -2.07. The maximum Gasteiger partial charge on any atom is 0.325 e. The Morgan fingerprint density at radius 3 is 2.44 bits per heavy atom. The van der Waals surface area contributed by atoms with E-state index in [1.807, 2.05) is 19.1 Å². The van der Waals surface area contributed by atoms with E-state index >= 15 is 0 Å². The number of nitrogens with one attached hydrogen (secondary N) is 2. The van der Waals surface area contributed by atoms with Gasteiger partial charge in [0.25, 0.3) is 11.8 Å². The number of rotatable bonds is 7. The predicted octanol–water partition coefficient (Wildman–Crippen LogP) is 2.52. The maximum absolute atomic E-state index is 11.7. The van der Waals surface area contributed by atoms with Gasteiger partial charge >= 0.3 is 5.97 Å². The molecule has 0 spiro atoms. The summed E-state index contributed by atoms with van der Waals surface area (Å²) < 4.78 is 10.3. The van der Waals surface area contributed by atoms with Crippen LogP contribution in [-0.4, -0.2) is 30.9 Å². The molecule has 1 aromatic carbocycles. The van der Waals surface area contributed by atoms with Crippen molar-refractivity contribution in [3.05, 3.63) is 52.4 Å². The molecule has 0 aliphatic rings. The van der Waals surface area contributed by atoms with Gasteiger partial charge in [-0.3, -0.25) is 14.4 Å². The molecule has 2 N–H and O–H groups in total. The molecule has 0 unspecified atom stereocenters. The number of carbonyl (C=O) groups is 3. The van der Waals surface area contributed by atoms with E-state index in [1.165, 1.54) is 6.07 Å². The first-order valence-corrected chi connectivity index (χ1v) is 8.35. The van der Waals surface area contributed by atoms with Gasteiger partial charge in [0.1, 0.15) is 6.54 Å². The van der Waals surface area contributed by atoms with E-state index in [4.69, 9.17) is 9.15 Å². The predicted molar refractivity (Wildman–Crippen MR) is 94.1 cm³/mol. The largest absolute Gasteiger partial charge is 0.454 e. The van der Waals surface area contributed by atoms with Crippen molar-refractivity contribution in [1.82, 2.24) is 5.32 Å². The second-order valence-corrected chi connectivity index (χ2v) is 5.83. The molecule has 1 heterocycles. The summed E-state index contributed by atoms with van der Waals surface area (Å²) in [5, 5.41) is 4.96. The maximum atomic E-state index is 11.7. The summed E-state index contributed by atoms with van der Waals surface area (Å²) in [6, 6.07) is 10.4. The van der Waals surface area contributed by atoms with Crippen LogP contribution in [0.5, 0.6) is 0 Å². The number of aryl methyl sites for hydroxylation is 1. The van der Waals surface area contributed by atoms with Gasteiger partial charge in [0.2, 0.25) is 0 Å². The zero-order valence-electron chi connectivity index (χ0n) is 13.5. The minimum Gasteiger partial charge on any atom is -0.454 e. The molecule has 0 aliphatic carbocycles. The van der Waals surface area contributed by atoms with Gasteiger partial charge in [-0.25, -0.2) is 0 Å². The van der Waals surface area contributed by atoms with Crippen molar-refractivity contribution in [1.29, 1.82) is 0 Å². The zero-order valence-corrected chi connectivity index (χ0v) is 15.1. The molecule has 7 nitrogen and oxygen atoms in total. The van der Waals surface area contributed by atoms with Crippen LogP contribution in [0.4, 0.5) is 5.69 Å². The van der Waals surface area contributed by atoms with E-state index in [2.05, 4.69) is 26.6 Å². The van der Waals surface area contributed by atoms with Crippen molar-refractivity contribution in [2.24, 2.45) is 0 Å². The van der Waals surface area contributed by atoms with Crippen LogP contribution >= 0.6 is 15.9 Å². The molecule has 0 fully saturated rings. The molecular formula is C17H17BrN2O5. The minimum absolute atomic E-state index is 0.0629. The number of halogens is 1. The highest BCUT2D eigenvalue weighted by molar-refractivity contribution is 9.10. The second-order valence-electron chi connectivity index (χ2n) is 5.05. The van der Waals surface area contributed by atoms with Gasteiger partial charge in [-0.2, -0.15) is 0 Å². The number of amides is 2. The Hall–Kier alpha value is -2.61. The Labute approximate surface area is 152 Å². The standard InChI is InChI=1S/C17H17BrN2O5/c1-2-11-3-5-12(6-4-11)20-15(21)10-24-16(22)9-19-17(23)13-7-8-14(18)25-13/h3-8H,2,9-10H2,1H3,(H,19,23)(H,20,21). The SMILES string of the molecule is CCc1ccc(NC(=O)COC(=O)CNC(=O)c2ccc(Br)o2)cc1. The molecular weight excluding hydrogens is 392 g/mol. The fraction of sp³-hybridized carbons (Fsp3) is 0.235. The fourth-order valence-electron chi connectivity index (χ4n) is 1.89. The Balaban J connectivity index is 1.70. The summed E-state index contributed by atoms with van der Waals surface area (Å²) in [6.07, 6.45) is 0.909. The molecule has 0 bridgehead atoms. The molecule has 8 heteroatoms. The second kappa shape index (κ2) is 9.03. The average Bonchev–Trinajstić information content (AvgIpc) is 3.05. The summed E-state index contributed by atoms with van der Waals surface area (Å²) in [7, 11) is 0. The summed E-state index contributed by atoms with van der Waals surface area (Å²) in [5.74, 6) is -1.68. The van der Waals surface area contributed by atoms with Gasteiger partial charge < -0.3 is 19.8 Å². The van der Waals surface area contributed by atoms with Crippen molar-refractivity contribution in [2.75, 3.05) is 18.5 Å². The molecule has 2 rings (SSSR count). The van der Waals surface area contributed by atoms with Gasteiger partial charge in [-0.05, 0) is 52.2 Å². The third-order valence-corrected chi connectivity index (χ3v) is 3.63. The molecule has 0 saturated carbocycles. The highest BCUT2D eigenvalue weighted by atomic mass is 79.9. The Morgan fingerprint density at radius 1 is 1.12 bits per heavy atom. The fourth-order valence-corrected chi connectivity index (χ4v) is 2.20. The number of ether oxygens (including phenoxy) is 1. The van der Waals surface area contributed by atoms with Crippen molar-refractivity contribution in [3.8, 4) is 0 Å². The minimum atomic E-state index is -0.726. The zero-order chi connectivity index (χ0) is 18.2. The number of carbonyl (C=O) groups excluding carboxylic acids is 3. The lowest BCUT2D eigenvalue weighted by atomic mass is 10.1. The van der Waals surface area contributed by atoms with Gasteiger partial charge in [-0.15, -0.1) is 0 Å². The van der Waals surface area contributed by atoms with Crippen LogP contribution in [0, 0.1) is 0 Å². The first-order chi connectivity index (χ1) is 12.0. The molecule has 0 saturated heterocycles. The van der Waals surface area contributed by atoms with Crippen LogP contribution in [0.2, 0.25) is 0 Å². The summed E-state index contributed by atoms with van der Waals surface area (Å²) in [6.45, 7) is 1.24. The number of esters is 1. The molecule has 2 amide bonds. The average molecular weight is 409 g/mol. The van der Waals surface area contributed by atoms with Crippen LogP contribution in [0.25, 0.3) is 0 Å². The molecule has 0 radical (unpaired) electrons. The van der Waals surface area contributed by atoms with Gasteiger partial charge in [0, 0.05) is 5.69 Å². The van der Waals surface area contributed by atoms with Crippen LogP contribution < -0.4 is 10.6 Å². The Morgan fingerprint density at radius 2 is 1.84 bits per heavy atom. The van der Waals surface area contributed by atoms with Gasteiger partial charge in [-0.1, -0.05) is 19.1 Å². The smallest absolute Gasteiger partial charge is 0.325 e. The number of benzene rings is 1. The quantitative estimate of drug-likeness (QED) is 0.685. The van der Waals surface area contributed by atoms with Crippen LogP contribution in [0.1, 0.15) is 23.0 Å². The number of furan rings is 1. The Bertz CT molecular complexity index is 755. The molecule has 2 aromatic rings. The van der Waals surface area contributed by atoms with E-state index in [0.717, 1.165) is 12.0 Å². The van der Waals surface area contributed by atoms with Crippen molar-refractivity contribution in [3.63, 3.8) is 0 Å². The third-order valence-electron chi connectivity index (χ3n) is 3.20. The third kappa shape index (κ3) is 6.07. The van der Waals surface area contributed by atoms with E-state index in [0.29, 0.717) is 10.4 Å². The molecule has 25 heavy (non-hydrogen) atoms. The lowest BCUT2D eigenvalue weighted by molar-refractivity contribution is -0.146. The topological polar surface area (TPSA) is 97.6 Å². The van der Waals surface area contributed by atoms with E-state index in [9.17, 15) is 14.4 Å². The number of hydrogen-bond acceptors (Lipinski definition) is 5. The monoisotopic (exact) mass is 408 g/mol. The summed E-state index contributed by atoms with van der Waals surface area (Å²) in [4.78, 5) is 35.0. The molecule has 0 aliphatic heterocycles. The van der Waals surface area contributed by atoms with Crippen molar-refractivity contribution >= 4 is 39.4 Å². The van der Waals surface area contributed by atoms with E-state index < -0.39 is 24.4 Å². The normalized spacial score (nSPS) is 10.2. The van der Waals surface area contributed by atoms with Gasteiger partial charge in [0.05, 0.1) is 0 Å². The molecule has 132 valence electrons. The summed E-state index contributed by atoms with van der Waals surface area (Å²) >= 11 is 3.07. The van der Waals surface area contributed by atoms with Crippen LogP contribution in [-0.2, 0) is 20.7 Å². The van der Waals surface area contributed by atoms with E-state index in [-0.39, 0.29) is 12.3 Å². The van der Waals surface area contributed by atoms with E-state index in [1.54, 1.807) is 18.2 Å². The first kappa shape index (κ1) is 18.7. The van der Waals surface area contributed by atoms with Crippen molar-refractivity contribution < 1.29 is 23.5 Å². The van der Waals surface area contributed by atoms with Crippen molar-refractivity contribution in [2.45, 2.75) is 13.3 Å². The number of hydrogen-bond donors (Lipinski definition) is 2. The summed E-state index contributed by atoms with van der Waals surface area (Å²) in [5.41, 5.74) is 1.78. The first-order valence-electron chi connectivity index (χ1n) is 7.56. The molecule has 0 atom stereocenters. The lowest BCUT2D eigenvalue weighted by Crippen LogP contribution is -2.32. The Kier molecular flexibility index (Phi) is 6.76. The highest BCUT2D eigenvalue weighted by Crippen LogP contribution is 2.13. The van der Waals surface area contributed by atoms with Crippen LogP contribution in [0.3, 0.4) is 0 Å². The number of anilines is 1. The molecule has 1 aromatic heterocycles. The highest BCUT2D eigenvalue weighted by Gasteiger charge is 2.13. The van der Waals surface area contributed by atoms with Crippen LogP contribution in [0.15, 0.2) is 45.5 Å². The van der Waals surface area contributed by atoms with Gasteiger partial charge in [0.15, 0.2) is 17.0 Å².